The minimum atomic E-state index is -3.47. The van der Waals surface area contributed by atoms with Gasteiger partial charge in [-0.1, -0.05) is 19.8 Å². The second kappa shape index (κ2) is 6.28. The van der Waals surface area contributed by atoms with Crippen molar-refractivity contribution in [2.75, 3.05) is 6.54 Å². The van der Waals surface area contributed by atoms with Gasteiger partial charge in [0.25, 0.3) is 0 Å². The van der Waals surface area contributed by atoms with E-state index in [-0.39, 0.29) is 17.5 Å². The first-order valence-corrected chi connectivity index (χ1v) is 8.76. The van der Waals surface area contributed by atoms with Gasteiger partial charge in [-0.15, -0.1) is 0 Å². The zero-order valence-electron chi connectivity index (χ0n) is 12.3. The number of furan rings is 1. The highest BCUT2D eigenvalue weighted by molar-refractivity contribution is 7.89. The van der Waals surface area contributed by atoms with E-state index < -0.39 is 10.0 Å². The summed E-state index contributed by atoms with van der Waals surface area (Å²) in [7, 11) is -3.47. The summed E-state index contributed by atoms with van der Waals surface area (Å²) in [6.07, 6.45) is 4.90. The van der Waals surface area contributed by atoms with Crippen molar-refractivity contribution in [1.82, 2.24) is 4.31 Å². The summed E-state index contributed by atoms with van der Waals surface area (Å²) < 4.78 is 32.8. The molecular formula is C14H24N2O3S. The normalized spacial score (nSPS) is 21.2. The van der Waals surface area contributed by atoms with E-state index in [1.807, 2.05) is 0 Å². The Bertz CT molecular complexity index is 549. The molecule has 1 saturated heterocycles. The Kier molecular flexibility index (Phi) is 4.88. The van der Waals surface area contributed by atoms with Crippen molar-refractivity contribution < 1.29 is 12.8 Å². The predicted molar refractivity (Wildman–Crippen MR) is 77.8 cm³/mol. The number of rotatable bonds is 5. The largest absolute Gasteiger partial charge is 0.464 e. The van der Waals surface area contributed by atoms with E-state index in [1.165, 1.54) is 0 Å². The average Bonchev–Trinajstić information content (AvgIpc) is 2.82. The van der Waals surface area contributed by atoms with E-state index in [0.717, 1.165) is 32.1 Å². The van der Waals surface area contributed by atoms with Crippen LogP contribution in [0.5, 0.6) is 0 Å². The molecule has 114 valence electrons. The molecule has 0 aromatic carbocycles. The van der Waals surface area contributed by atoms with Crippen LogP contribution in [0, 0.1) is 6.92 Å². The molecule has 0 aliphatic carbocycles. The SMILES string of the molecule is CCCC1CCCCN1S(=O)(=O)c1cc(CN)oc1C. The lowest BCUT2D eigenvalue weighted by Gasteiger charge is -2.34. The van der Waals surface area contributed by atoms with Crippen LogP contribution < -0.4 is 5.73 Å². The van der Waals surface area contributed by atoms with Gasteiger partial charge >= 0.3 is 0 Å². The average molecular weight is 300 g/mol. The number of aryl methyl sites for hydroxylation is 1. The highest BCUT2D eigenvalue weighted by atomic mass is 32.2. The number of piperidine rings is 1. The number of nitrogens with zero attached hydrogens (tertiary/aromatic N) is 1. The topological polar surface area (TPSA) is 76.5 Å². The molecule has 0 amide bonds. The molecule has 1 atom stereocenters. The quantitative estimate of drug-likeness (QED) is 0.906. The minimum Gasteiger partial charge on any atom is -0.464 e. The molecule has 1 aliphatic rings. The molecule has 1 aromatic heterocycles. The van der Waals surface area contributed by atoms with Gasteiger partial charge in [-0.3, -0.25) is 0 Å². The summed E-state index contributed by atoms with van der Waals surface area (Å²) in [5.74, 6) is 0.955. The van der Waals surface area contributed by atoms with Crippen molar-refractivity contribution in [2.24, 2.45) is 5.73 Å². The Morgan fingerprint density at radius 2 is 2.20 bits per heavy atom. The Morgan fingerprint density at radius 1 is 1.45 bits per heavy atom. The monoisotopic (exact) mass is 300 g/mol. The second-order valence-corrected chi connectivity index (χ2v) is 7.25. The molecule has 2 N–H and O–H groups in total. The molecule has 5 nitrogen and oxygen atoms in total. The number of sulfonamides is 1. The summed E-state index contributed by atoms with van der Waals surface area (Å²) in [4.78, 5) is 0.279. The summed E-state index contributed by atoms with van der Waals surface area (Å²) in [5.41, 5.74) is 5.53. The standard InChI is InChI=1S/C14H24N2O3S/c1-3-6-12-7-4-5-8-16(12)20(17,18)14-9-13(10-15)19-11(14)2/h9,12H,3-8,10,15H2,1-2H3. The van der Waals surface area contributed by atoms with E-state index in [9.17, 15) is 8.42 Å². The lowest BCUT2D eigenvalue weighted by atomic mass is 10.0. The third-order valence-corrected chi connectivity index (χ3v) is 5.97. The lowest BCUT2D eigenvalue weighted by Crippen LogP contribution is -2.43. The molecule has 2 rings (SSSR count). The van der Waals surface area contributed by atoms with Crippen LogP contribution in [0.25, 0.3) is 0 Å². The minimum absolute atomic E-state index is 0.120. The van der Waals surface area contributed by atoms with Crippen LogP contribution in [0.3, 0.4) is 0 Å². The van der Waals surface area contributed by atoms with E-state index >= 15 is 0 Å². The molecule has 6 heteroatoms. The Hall–Kier alpha value is -0.850. The van der Waals surface area contributed by atoms with Gasteiger partial charge < -0.3 is 10.2 Å². The Balaban J connectivity index is 2.34. The van der Waals surface area contributed by atoms with Crippen LogP contribution in [-0.2, 0) is 16.6 Å². The highest BCUT2D eigenvalue weighted by Crippen LogP contribution is 2.30. The maximum Gasteiger partial charge on any atom is 0.246 e. The van der Waals surface area contributed by atoms with Crippen LogP contribution >= 0.6 is 0 Å². The van der Waals surface area contributed by atoms with Crippen molar-refractivity contribution >= 4 is 10.0 Å². The van der Waals surface area contributed by atoms with Crippen LogP contribution in [0.1, 0.15) is 50.5 Å². The fourth-order valence-corrected chi connectivity index (χ4v) is 4.83. The van der Waals surface area contributed by atoms with Crippen molar-refractivity contribution in [1.29, 1.82) is 0 Å². The van der Waals surface area contributed by atoms with Crippen molar-refractivity contribution in [3.8, 4) is 0 Å². The fraction of sp³-hybridized carbons (Fsp3) is 0.714. The van der Waals surface area contributed by atoms with Gasteiger partial charge in [0.15, 0.2) is 0 Å². The molecule has 1 aliphatic heterocycles. The van der Waals surface area contributed by atoms with Crippen LogP contribution in [0.15, 0.2) is 15.4 Å². The zero-order valence-corrected chi connectivity index (χ0v) is 13.1. The summed E-state index contributed by atoms with van der Waals surface area (Å²) in [5, 5.41) is 0. The third kappa shape index (κ3) is 2.92. The number of hydrogen-bond acceptors (Lipinski definition) is 4. The number of hydrogen-bond donors (Lipinski definition) is 1. The lowest BCUT2D eigenvalue weighted by molar-refractivity contribution is 0.239. The van der Waals surface area contributed by atoms with Crippen LogP contribution in [0.4, 0.5) is 0 Å². The fourth-order valence-electron chi connectivity index (χ4n) is 2.92. The maximum absolute atomic E-state index is 12.8. The molecule has 1 fully saturated rings. The summed E-state index contributed by atoms with van der Waals surface area (Å²) in [6, 6.07) is 1.69. The molecular weight excluding hydrogens is 276 g/mol. The first-order chi connectivity index (χ1) is 9.50. The smallest absolute Gasteiger partial charge is 0.246 e. The molecule has 1 unspecified atom stereocenters. The van der Waals surface area contributed by atoms with Gasteiger partial charge in [0, 0.05) is 18.7 Å². The van der Waals surface area contributed by atoms with E-state index in [4.69, 9.17) is 10.2 Å². The van der Waals surface area contributed by atoms with E-state index in [1.54, 1.807) is 17.3 Å². The zero-order chi connectivity index (χ0) is 14.8. The van der Waals surface area contributed by atoms with Gasteiger partial charge in [-0.2, -0.15) is 4.31 Å². The van der Waals surface area contributed by atoms with Crippen LogP contribution in [-0.4, -0.2) is 25.3 Å². The van der Waals surface area contributed by atoms with Gasteiger partial charge in [-0.25, -0.2) is 8.42 Å². The maximum atomic E-state index is 12.8. The van der Waals surface area contributed by atoms with Crippen molar-refractivity contribution in [2.45, 2.75) is 63.4 Å². The highest BCUT2D eigenvalue weighted by Gasteiger charge is 2.35. The van der Waals surface area contributed by atoms with Crippen molar-refractivity contribution in [3.05, 3.63) is 17.6 Å². The predicted octanol–water partition coefficient (Wildman–Crippen LogP) is 2.39. The molecule has 0 radical (unpaired) electrons. The van der Waals surface area contributed by atoms with E-state index in [2.05, 4.69) is 6.92 Å². The van der Waals surface area contributed by atoms with Gasteiger partial charge in [0.1, 0.15) is 16.4 Å². The summed E-state index contributed by atoms with van der Waals surface area (Å²) >= 11 is 0. The molecule has 0 saturated carbocycles. The first kappa shape index (κ1) is 15.5. The van der Waals surface area contributed by atoms with Crippen LogP contribution in [0.2, 0.25) is 0 Å². The number of nitrogens with two attached hydrogens (primary N) is 1. The third-order valence-electron chi connectivity index (χ3n) is 3.91. The molecule has 2 heterocycles. The Labute approximate surface area is 121 Å². The first-order valence-electron chi connectivity index (χ1n) is 7.32. The second-order valence-electron chi connectivity index (χ2n) is 5.39. The molecule has 0 bridgehead atoms. The van der Waals surface area contributed by atoms with Crippen molar-refractivity contribution in [3.63, 3.8) is 0 Å². The van der Waals surface area contributed by atoms with Gasteiger partial charge in [-0.05, 0) is 26.2 Å². The van der Waals surface area contributed by atoms with E-state index in [0.29, 0.717) is 18.1 Å². The molecule has 1 aromatic rings. The Morgan fingerprint density at radius 3 is 2.80 bits per heavy atom. The van der Waals surface area contributed by atoms with Gasteiger partial charge in [0.05, 0.1) is 6.54 Å². The summed E-state index contributed by atoms with van der Waals surface area (Å²) in [6.45, 7) is 4.60. The van der Waals surface area contributed by atoms with Gasteiger partial charge in [0.2, 0.25) is 10.0 Å². The molecule has 20 heavy (non-hydrogen) atoms. The molecule has 0 spiro atoms.